The Bertz CT molecular complexity index is 717. The van der Waals surface area contributed by atoms with Crippen LogP contribution in [0.25, 0.3) is 5.82 Å². The summed E-state index contributed by atoms with van der Waals surface area (Å²) in [6.07, 6.45) is 3.12. The van der Waals surface area contributed by atoms with E-state index in [9.17, 15) is 0 Å². The molecule has 0 atom stereocenters. The van der Waals surface area contributed by atoms with Crippen molar-refractivity contribution in [3.05, 3.63) is 38.7 Å². The highest BCUT2D eigenvalue weighted by Crippen LogP contribution is 2.27. The van der Waals surface area contributed by atoms with E-state index in [1.807, 2.05) is 19.9 Å². The van der Waals surface area contributed by atoms with Crippen LogP contribution in [0, 0.1) is 19.3 Å². The van der Waals surface area contributed by atoms with Crippen LogP contribution in [0.2, 0.25) is 0 Å². The molecule has 0 aromatic carbocycles. The molecule has 0 spiro atoms. The van der Waals surface area contributed by atoms with Crippen LogP contribution >= 0.6 is 15.9 Å². The molecule has 3 rings (SSSR count). The van der Waals surface area contributed by atoms with Gasteiger partial charge in [-0.2, -0.15) is 5.10 Å². The maximum absolute atomic E-state index is 7.80. The summed E-state index contributed by atoms with van der Waals surface area (Å²) in [7, 11) is 0. The largest absolute Gasteiger partial charge is 0.384 e. The van der Waals surface area contributed by atoms with Crippen LogP contribution in [-0.4, -0.2) is 20.6 Å². The maximum atomic E-state index is 7.80. The molecule has 1 aliphatic rings. The van der Waals surface area contributed by atoms with Gasteiger partial charge in [0.25, 0.3) is 0 Å². The van der Waals surface area contributed by atoms with Crippen molar-refractivity contribution in [2.45, 2.75) is 33.1 Å². The van der Waals surface area contributed by atoms with Crippen molar-refractivity contribution in [2.75, 3.05) is 0 Å². The Morgan fingerprint density at radius 2 is 2.15 bits per heavy atom. The second-order valence-corrected chi connectivity index (χ2v) is 5.92. The third kappa shape index (κ3) is 1.95. The molecule has 6 heteroatoms. The van der Waals surface area contributed by atoms with Crippen molar-refractivity contribution in [1.82, 2.24) is 14.8 Å². The van der Waals surface area contributed by atoms with Crippen LogP contribution in [0.1, 0.15) is 34.6 Å². The number of halogens is 1. The highest BCUT2D eigenvalue weighted by atomic mass is 79.9. The summed E-state index contributed by atoms with van der Waals surface area (Å²) in [5.41, 5.74) is 10.6. The van der Waals surface area contributed by atoms with Crippen LogP contribution < -0.4 is 5.73 Å². The Kier molecular flexibility index (Phi) is 3.12. The molecule has 2 aromatic rings. The van der Waals surface area contributed by atoms with Crippen molar-refractivity contribution in [3.63, 3.8) is 0 Å². The lowest BCUT2D eigenvalue weighted by molar-refractivity contribution is 0.793. The SMILES string of the molecule is Cc1nn(-c2nc3c(cc2C(=N)N)CCC3)c(C)c1Br. The summed E-state index contributed by atoms with van der Waals surface area (Å²) in [4.78, 5) is 4.72. The first-order valence-electron chi connectivity index (χ1n) is 6.58. The fourth-order valence-corrected chi connectivity index (χ4v) is 2.90. The van der Waals surface area contributed by atoms with Crippen LogP contribution in [0.15, 0.2) is 10.5 Å². The lowest BCUT2D eigenvalue weighted by Crippen LogP contribution is -2.18. The van der Waals surface area contributed by atoms with Crippen molar-refractivity contribution in [3.8, 4) is 5.82 Å². The molecular formula is C14H16BrN5. The Morgan fingerprint density at radius 1 is 1.40 bits per heavy atom. The summed E-state index contributed by atoms with van der Waals surface area (Å²) in [5.74, 6) is 0.690. The van der Waals surface area contributed by atoms with Gasteiger partial charge < -0.3 is 5.73 Å². The van der Waals surface area contributed by atoms with E-state index in [2.05, 4.69) is 21.0 Å². The molecule has 0 fully saturated rings. The monoisotopic (exact) mass is 333 g/mol. The normalized spacial score (nSPS) is 13.6. The standard InChI is InChI=1S/C14H16BrN5/c1-7-12(15)8(2)20(19-7)14-10(13(16)17)6-9-4-3-5-11(9)18-14/h6H,3-5H2,1-2H3,(H3,16,17). The molecule has 0 saturated carbocycles. The molecule has 104 valence electrons. The minimum atomic E-state index is 0.0332. The molecular weight excluding hydrogens is 318 g/mol. The van der Waals surface area contributed by atoms with E-state index in [0.717, 1.165) is 40.8 Å². The highest BCUT2D eigenvalue weighted by Gasteiger charge is 2.21. The second kappa shape index (κ2) is 4.70. The molecule has 5 nitrogen and oxygen atoms in total. The Hall–Kier alpha value is -1.69. The van der Waals surface area contributed by atoms with E-state index in [4.69, 9.17) is 16.1 Å². The predicted octanol–water partition coefficient (Wildman–Crippen LogP) is 2.42. The Balaban J connectivity index is 2.27. The van der Waals surface area contributed by atoms with Crippen LogP contribution in [-0.2, 0) is 12.8 Å². The van der Waals surface area contributed by atoms with Crippen LogP contribution in [0.5, 0.6) is 0 Å². The molecule has 1 aliphatic carbocycles. The molecule has 0 unspecified atom stereocenters. The third-order valence-corrected chi connectivity index (χ3v) is 4.87. The van der Waals surface area contributed by atoms with E-state index >= 15 is 0 Å². The minimum Gasteiger partial charge on any atom is -0.384 e. The van der Waals surface area contributed by atoms with Gasteiger partial charge in [-0.3, -0.25) is 5.41 Å². The average molecular weight is 334 g/mol. The summed E-state index contributed by atoms with van der Waals surface area (Å²) in [5, 5.41) is 12.3. The topological polar surface area (TPSA) is 80.6 Å². The number of pyridine rings is 1. The lowest BCUT2D eigenvalue weighted by Gasteiger charge is -2.12. The smallest absolute Gasteiger partial charge is 0.164 e. The molecule has 3 N–H and O–H groups in total. The quantitative estimate of drug-likeness (QED) is 0.654. The van der Waals surface area contributed by atoms with Crippen molar-refractivity contribution in [1.29, 1.82) is 5.41 Å². The third-order valence-electron chi connectivity index (χ3n) is 3.72. The van der Waals surface area contributed by atoms with Gasteiger partial charge in [-0.05, 0) is 60.7 Å². The zero-order chi connectivity index (χ0) is 14.4. The number of hydrogen-bond acceptors (Lipinski definition) is 3. The first-order chi connectivity index (χ1) is 9.49. The molecule has 2 aromatic heterocycles. The summed E-state index contributed by atoms with van der Waals surface area (Å²) in [6, 6.07) is 2.00. The van der Waals surface area contributed by atoms with Crippen molar-refractivity contribution >= 4 is 21.8 Å². The Morgan fingerprint density at radius 3 is 2.75 bits per heavy atom. The van der Waals surface area contributed by atoms with Crippen LogP contribution in [0.3, 0.4) is 0 Å². The molecule has 0 saturated heterocycles. The highest BCUT2D eigenvalue weighted by molar-refractivity contribution is 9.10. The number of nitrogen functional groups attached to an aromatic ring is 1. The van der Waals surface area contributed by atoms with Crippen molar-refractivity contribution < 1.29 is 0 Å². The lowest BCUT2D eigenvalue weighted by atomic mass is 10.1. The average Bonchev–Trinajstić information content (AvgIpc) is 2.97. The van der Waals surface area contributed by atoms with Gasteiger partial charge in [0.05, 0.1) is 21.4 Å². The maximum Gasteiger partial charge on any atom is 0.164 e. The number of fused-ring (bicyclic) bond motifs is 1. The Labute approximate surface area is 125 Å². The van der Waals surface area contributed by atoms with Gasteiger partial charge in [0.15, 0.2) is 5.82 Å². The number of nitrogens with two attached hydrogens (primary N) is 1. The summed E-state index contributed by atoms with van der Waals surface area (Å²) < 4.78 is 2.74. The number of aromatic nitrogens is 3. The summed E-state index contributed by atoms with van der Waals surface area (Å²) in [6.45, 7) is 3.91. The zero-order valence-corrected chi connectivity index (χ0v) is 13.1. The first-order valence-corrected chi connectivity index (χ1v) is 7.37. The number of aryl methyl sites for hydroxylation is 3. The van der Waals surface area contributed by atoms with Crippen molar-refractivity contribution in [2.24, 2.45) is 5.73 Å². The molecule has 0 amide bonds. The molecule has 0 bridgehead atoms. The van der Waals surface area contributed by atoms with E-state index in [-0.39, 0.29) is 5.84 Å². The predicted molar refractivity (Wildman–Crippen MR) is 81.6 cm³/mol. The summed E-state index contributed by atoms with van der Waals surface area (Å²) >= 11 is 3.53. The van der Waals surface area contributed by atoms with Gasteiger partial charge in [0.2, 0.25) is 0 Å². The van der Waals surface area contributed by atoms with Gasteiger partial charge in [-0.25, -0.2) is 9.67 Å². The van der Waals surface area contributed by atoms with E-state index in [1.54, 1.807) is 4.68 Å². The number of nitrogens with zero attached hydrogens (tertiary/aromatic N) is 3. The van der Waals surface area contributed by atoms with E-state index < -0.39 is 0 Å². The van der Waals surface area contributed by atoms with Crippen LogP contribution in [0.4, 0.5) is 0 Å². The van der Waals surface area contributed by atoms with Gasteiger partial charge in [-0.1, -0.05) is 0 Å². The van der Waals surface area contributed by atoms with Gasteiger partial charge in [-0.15, -0.1) is 0 Å². The number of hydrogen-bond donors (Lipinski definition) is 2. The molecule has 2 heterocycles. The molecule has 0 radical (unpaired) electrons. The fourth-order valence-electron chi connectivity index (χ4n) is 2.65. The number of rotatable bonds is 2. The van der Waals surface area contributed by atoms with Gasteiger partial charge in [0.1, 0.15) is 5.84 Å². The first kappa shape index (κ1) is 13.3. The fraction of sp³-hybridized carbons (Fsp3) is 0.357. The van der Waals surface area contributed by atoms with Gasteiger partial charge in [0, 0.05) is 5.69 Å². The zero-order valence-electron chi connectivity index (χ0n) is 11.5. The van der Waals surface area contributed by atoms with Gasteiger partial charge >= 0.3 is 0 Å². The number of amidine groups is 1. The molecule has 20 heavy (non-hydrogen) atoms. The second-order valence-electron chi connectivity index (χ2n) is 5.13. The van der Waals surface area contributed by atoms with E-state index in [1.165, 1.54) is 5.56 Å². The van der Waals surface area contributed by atoms with E-state index in [0.29, 0.717) is 11.4 Å². The molecule has 0 aliphatic heterocycles. The number of nitrogens with one attached hydrogen (secondary N) is 1. The minimum absolute atomic E-state index is 0.0332.